The van der Waals surface area contributed by atoms with Gasteiger partial charge in [0.15, 0.2) is 0 Å². The molecule has 2 aromatic heterocycles. The highest BCUT2D eigenvalue weighted by Crippen LogP contribution is 2.04. The Balaban J connectivity index is 1.93. The number of aromatic nitrogens is 3. The summed E-state index contributed by atoms with van der Waals surface area (Å²) in [5.41, 5.74) is 1.60. The highest BCUT2D eigenvalue weighted by atomic mass is 32.1. The molecule has 0 fully saturated rings. The van der Waals surface area contributed by atoms with Gasteiger partial charge in [0.1, 0.15) is 4.88 Å². The van der Waals surface area contributed by atoms with Gasteiger partial charge in [0, 0.05) is 12.4 Å². The summed E-state index contributed by atoms with van der Waals surface area (Å²) >= 11 is 1.17. The summed E-state index contributed by atoms with van der Waals surface area (Å²) in [5.74, 6) is -0.134. The Morgan fingerprint density at radius 1 is 1.44 bits per heavy atom. The van der Waals surface area contributed by atoms with E-state index < -0.39 is 0 Å². The van der Waals surface area contributed by atoms with Crippen molar-refractivity contribution in [2.75, 3.05) is 0 Å². The topological polar surface area (TPSA) is 67.8 Å². The van der Waals surface area contributed by atoms with Gasteiger partial charge in [-0.15, -0.1) is 0 Å². The van der Waals surface area contributed by atoms with E-state index in [1.807, 2.05) is 6.92 Å². The molecule has 0 spiro atoms. The summed E-state index contributed by atoms with van der Waals surface area (Å²) in [6, 6.07) is 1.68. The Kier molecular flexibility index (Phi) is 3.21. The molecule has 1 N–H and O–H groups in total. The lowest BCUT2D eigenvalue weighted by Gasteiger charge is -2.02. The second kappa shape index (κ2) is 4.80. The van der Waals surface area contributed by atoms with E-state index in [1.165, 1.54) is 11.5 Å². The molecule has 16 heavy (non-hydrogen) atoms. The Morgan fingerprint density at radius 2 is 2.31 bits per heavy atom. The number of hydrogen-bond acceptors (Lipinski definition) is 5. The van der Waals surface area contributed by atoms with Gasteiger partial charge >= 0.3 is 0 Å². The normalized spacial score (nSPS) is 10.1. The van der Waals surface area contributed by atoms with Gasteiger partial charge in [0.25, 0.3) is 5.91 Å². The molecule has 0 aliphatic rings. The summed E-state index contributed by atoms with van der Waals surface area (Å²) in [7, 11) is 0. The van der Waals surface area contributed by atoms with Crippen LogP contribution in [-0.2, 0) is 6.54 Å². The molecule has 0 radical (unpaired) electrons. The first-order valence-electron chi connectivity index (χ1n) is 4.72. The van der Waals surface area contributed by atoms with Crippen LogP contribution in [0.2, 0.25) is 0 Å². The summed E-state index contributed by atoms with van der Waals surface area (Å²) in [6.07, 6.45) is 4.93. The van der Waals surface area contributed by atoms with Crippen molar-refractivity contribution in [1.82, 2.24) is 19.7 Å². The zero-order valence-electron chi connectivity index (χ0n) is 8.67. The Bertz CT molecular complexity index is 466. The number of nitrogens with zero attached hydrogens (tertiary/aromatic N) is 3. The average molecular weight is 234 g/mol. The molecule has 0 aliphatic carbocycles. The molecule has 0 unspecified atom stereocenters. The third-order valence-corrected chi connectivity index (χ3v) is 2.67. The van der Waals surface area contributed by atoms with E-state index in [0.717, 1.165) is 11.4 Å². The first-order chi connectivity index (χ1) is 7.75. The van der Waals surface area contributed by atoms with Gasteiger partial charge in [-0.25, -0.2) is 4.37 Å². The number of amides is 1. The average Bonchev–Trinajstić information content (AvgIpc) is 2.81. The van der Waals surface area contributed by atoms with Gasteiger partial charge in [0.2, 0.25) is 0 Å². The van der Waals surface area contributed by atoms with E-state index in [0.29, 0.717) is 11.4 Å². The number of hydrogen-bond donors (Lipinski definition) is 1. The molecule has 0 bridgehead atoms. The van der Waals surface area contributed by atoms with Crippen molar-refractivity contribution in [3.8, 4) is 0 Å². The van der Waals surface area contributed by atoms with Crippen molar-refractivity contribution in [2.45, 2.75) is 13.5 Å². The number of carbonyl (C=O) groups is 1. The van der Waals surface area contributed by atoms with Crippen molar-refractivity contribution < 1.29 is 4.79 Å². The third kappa shape index (κ3) is 2.60. The van der Waals surface area contributed by atoms with Crippen LogP contribution in [0.5, 0.6) is 0 Å². The summed E-state index contributed by atoms with van der Waals surface area (Å²) < 4.78 is 3.86. The van der Waals surface area contributed by atoms with Crippen LogP contribution in [0.4, 0.5) is 0 Å². The van der Waals surface area contributed by atoms with Crippen molar-refractivity contribution in [2.24, 2.45) is 0 Å². The second-order valence-corrected chi connectivity index (χ2v) is 4.04. The summed E-state index contributed by atoms with van der Waals surface area (Å²) in [5, 5.41) is 2.75. The fraction of sp³-hybridized carbons (Fsp3) is 0.200. The maximum atomic E-state index is 11.6. The lowest BCUT2D eigenvalue weighted by Crippen LogP contribution is -2.22. The minimum atomic E-state index is -0.134. The fourth-order valence-electron chi connectivity index (χ4n) is 1.10. The predicted octanol–water partition coefficient (Wildman–Crippen LogP) is 1.17. The smallest absolute Gasteiger partial charge is 0.263 e. The molecule has 6 heteroatoms. The molecular formula is C10H10N4OS. The highest BCUT2D eigenvalue weighted by molar-refractivity contribution is 7.08. The maximum absolute atomic E-state index is 11.6. The molecule has 0 saturated carbocycles. The predicted molar refractivity (Wildman–Crippen MR) is 60.1 cm³/mol. The van der Waals surface area contributed by atoms with Crippen molar-refractivity contribution in [3.05, 3.63) is 40.9 Å². The monoisotopic (exact) mass is 234 g/mol. The first-order valence-corrected chi connectivity index (χ1v) is 5.49. The van der Waals surface area contributed by atoms with Crippen LogP contribution in [0, 0.1) is 6.92 Å². The zero-order valence-corrected chi connectivity index (χ0v) is 9.49. The van der Waals surface area contributed by atoms with Crippen LogP contribution in [-0.4, -0.2) is 20.2 Å². The van der Waals surface area contributed by atoms with Crippen molar-refractivity contribution in [1.29, 1.82) is 0 Å². The molecule has 2 aromatic rings. The van der Waals surface area contributed by atoms with Crippen LogP contribution in [0.15, 0.2) is 24.7 Å². The largest absolute Gasteiger partial charge is 0.346 e. The van der Waals surface area contributed by atoms with Crippen LogP contribution >= 0.6 is 11.5 Å². The Hall–Kier alpha value is -1.82. The van der Waals surface area contributed by atoms with E-state index in [-0.39, 0.29) is 5.91 Å². The van der Waals surface area contributed by atoms with Crippen LogP contribution in [0.3, 0.4) is 0 Å². The lowest BCUT2D eigenvalue weighted by molar-refractivity contribution is 0.0954. The van der Waals surface area contributed by atoms with E-state index in [2.05, 4.69) is 19.7 Å². The summed E-state index contributed by atoms with van der Waals surface area (Å²) in [4.78, 5) is 20.4. The lowest BCUT2D eigenvalue weighted by atomic mass is 10.4. The van der Waals surface area contributed by atoms with Gasteiger partial charge in [0.05, 0.1) is 24.1 Å². The molecule has 2 heterocycles. The van der Waals surface area contributed by atoms with Crippen LogP contribution in [0.1, 0.15) is 21.1 Å². The molecule has 82 valence electrons. The first kappa shape index (κ1) is 10.7. The number of aryl methyl sites for hydroxylation is 1. The molecule has 0 atom stereocenters. The Morgan fingerprint density at radius 3 is 2.94 bits per heavy atom. The van der Waals surface area contributed by atoms with Gasteiger partial charge in [-0.1, -0.05) is 0 Å². The van der Waals surface area contributed by atoms with Crippen molar-refractivity contribution >= 4 is 17.4 Å². The molecule has 5 nitrogen and oxygen atoms in total. The van der Waals surface area contributed by atoms with Gasteiger partial charge < -0.3 is 5.32 Å². The standard InChI is InChI=1S/C10H10N4OS/c1-7-4-12-8(5-11-7)6-13-10(15)9-2-3-14-16-9/h2-5H,6H2,1H3,(H,13,15). The van der Waals surface area contributed by atoms with Crippen molar-refractivity contribution in [3.63, 3.8) is 0 Å². The molecule has 1 amide bonds. The molecule has 0 aromatic carbocycles. The maximum Gasteiger partial charge on any atom is 0.263 e. The molecule has 2 rings (SSSR count). The van der Waals surface area contributed by atoms with Gasteiger partial charge in [-0.05, 0) is 24.5 Å². The highest BCUT2D eigenvalue weighted by Gasteiger charge is 2.06. The quantitative estimate of drug-likeness (QED) is 0.865. The van der Waals surface area contributed by atoms with Gasteiger partial charge in [-0.2, -0.15) is 0 Å². The fourth-order valence-corrected chi connectivity index (χ4v) is 1.61. The minimum Gasteiger partial charge on any atom is -0.346 e. The van der Waals surface area contributed by atoms with Crippen LogP contribution < -0.4 is 5.32 Å². The van der Waals surface area contributed by atoms with E-state index in [4.69, 9.17) is 0 Å². The second-order valence-electron chi connectivity index (χ2n) is 3.21. The Labute approximate surface area is 96.7 Å². The summed E-state index contributed by atoms with van der Waals surface area (Å²) in [6.45, 7) is 2.25. The third-order valence-electron chi connectivity index (χ3n) is 1.93. The molecule has 0 aliphatic heterocycles. The number of carbonyl (C=O) groups excluding carboxylic acids is 1. The van der Waals surface area contributed by atoms with Gasteiger partial charge in [-0.3, -0.25) is 14.8 Å². The molecular weight excluding hydrogens is 224 g/mol. The number of rotatable bonds is 3. The van der Waals surface area contributed by atoms with E-state index in [1.54, 1.807) is 24.7 Å². The SMILES string of the molecule is Cc1cnc(CNC(=O)c2ccns2)cn1. The molecule has 0 saturated heterocycles. The zero-order chi connectivity index (χ0) is 11.4. The van der Waals surface area contributed by atoms with E-state index in [9.17, 15) is 4.79 Å². The van der Waals surface area contributed by atoms with Crippen LogP contribution in [0.25, 0.3) is 0 Å². The minimum absolute atomic E-state index is 0.134. The number of nitrogens with one attached hydrogen (secondary N) is 1. The van der Waals surface area contributed by atoms with E-state index >= 15 is 0 Å².